The first-order chi connectivity index (χ1) is 8.78. The van der Waals surface area contributed by atoms with Gasteiger partial charge in [0.2, 0.25) is 0 Å². The Balaban J connectivity index is 1.84. The lowest BCUT2D eigenvalue weighted by Crippen LogP contribution is -2.01. The highest BCUT2D eigenvalue weighted by molar-refractivity contribution is 5.78. The molecule has 1 aromatic carbocycles. The van der Waals surface area contributed by atoms with Gasteiger partial charge in [0, 0.05) is 12.8 Å². The van der Waals surface area contributed by atoms with E-state index in [1.165, 1.54) is 18.4 Å². The van der Waals surface area contributed by atoms with E-state index < -0.39 is 0 Å². The van der Waals surface area contributed by atoms with Gasteiger partial charge in [-0.15, -0.1) is 0 Å². The molecule has 18 heavy (non-hydrogen) atoms. The third-order valence-electron chi connectivity index (χ3n) is 3.87. The van der Waals surface area contributed by atoms with Gasteiger partial charge >= 0.3 is 0 Å². The molecule has 0 bridgehead atoms. The number of methoxy groups -OCH3 is 1. The van der Waals surface area contributed by atoms with Crippen LogP contribution < -0.4 is 4.74 Å². The van der Waals surface area contributed by atoms with E-state index in [9.17, 15) is 4.79 Å². The summed E-state index contributed by atoms with van der Waals surface area (Å²) in [7, 11) is 1.70. The Bertz CT molecular complexity index is 398. The molecule has 0 heterocycles. The van der Waals surface area contributed by atoms with Crippen LogP contribution in [0.1, 0.15) is 44.1 Å². The Kier molecular flexibility index (Phi) is 4.80. The maximum atomic E-state index is 11.4. The number of Topliss-reactive ketones (excluding diaryl/α,β-unsaturated/α-hetero) is 1. The number of rotatable bonds is 4. The zero-order valence-electron chi connectivity index (χ0n) is 11.2. The number of carbonyl (C=O) groups excluding carboxylic acids is 1. The van der Waals surface area contributed by atoms with Crippen LogP contribution in [0.3, 0.4) is 0 Å². The number of ether oxygens (including phenoxy) is 1. The van der Waals surface area contributed by atoms with Crippen molar-refractivity contribution in [2.24, 2.45) is 5.92 Å². The van der Waals surface area contributed by atoms with Crippen molar-refractivity contribution >= 4 is 5.78 Å². The second kappa shape index (κ2) is 6.58. The summed E-state index contributed by atoms with van der Waals surface area (Å²) in [5.74, 6) is 2.12. The summed E-state index contributed by atoms with van der Waals surface area (Å²) in [6.45, 7) is 0. The molecule has 1 fully saturated rings. The largest absolute Gasteiger partial charge is 0.497 e. The molecule has 2 nitrogen and oxygen atoms in total. The van der Waals surface area contributed by atoms with Gasteiger partial charge in [-0.05, 0) is 49.3 Å². The molecule has 1 atom stereocenters. The van der Waals surface area contributed by atoms with Gasteiger partial charge in [0.05, 0.1) is 7.11 Å². The van der Waals surface area contributed by atoms with E-state index in [1.54, 1.807) is 7.11 Å². The summed E-state index contributed by atoms with van der Waals surface area (Å²) in [4.78, 5) is 11.4. The van der Waals surface area contributed by atoms with Gasteiger partial charge in [0.1, 0.15) is 11.5 Å². The van der Waals surface area contributed by atoms with E-state index in [4.69, 9.17) is 4.74 Å². The normalized spacial score (nSPS) is 20.5. The van der Waals surface area contributed by atoms with Gasteiger partial charge in [-0.25, -0.2) is 0 Å². The van der Waals surface area contributed by atoms with Crippen molar-refractivity contribution in [1.29, 1.82) is 0 Å². The van der Waals surface area contributed by atoms with Gasteiger partial charge in [-0.2, -0.15) is 0 Å². The van der Waals surface area contributed by atoms with Crippen molar-refractivity contribution in [2.45, 2.75) is 44.9 Å². The van der Waals surface area contributed by atoms with Gasteiger partial charge in [0.15, 0.2) is 0 Å². The highest BCUT2D eigenvalue weighted by atomic mass is 16.5. The summed E-state index contributed by atoms with van der Waals surface area (Å²) in [6, 6.07) is 8.30. The summed E-state index contributed by atoms with van der Waals surface area (Å²) >= 11 is 0. The van der Waals surface area contributed by atoms with E-state index in [0.717, 1.165) is 43.8 Å². The Hall–Kier alpha value is -1.31. The molecule has 0 amide bonds. The minimum absolute atomic E-state index is 0.457. The van der Waals surface area contributed by atoms with Crippen LogP contribution in [-0.2, 0) is 11.2 Å². The lowest BCUT2D eigenvalue weighted by molar-refractivity contribution is -0.118. The fraction of sp³-hybridized carbons (Fsp3) is 0.562. The molecular weight excluding hydrogens is 224 g/mol. The first-order valence-corrected chi connectivity index (χ1v) is 6.92. The molecular formula is C16H22O2. The topological polar surface area (TPSA) is 26.3 Å². The molecule has 1 aromatic rings. The maximum Gasteiger partial charge on any atom is 0.132 e. The van der Waals surface area contributed by atoms with Crippen LogP contribution in [0.2, 0.25) is 0 Å². The molecule has 2 heteroatoms. The van der Waals surface area contributed by atoms with E-state index in [-0.39, 0.29) is 0 Å². The minimum Gasteiger partial charge on any atom is -0.497 e. The van der Waals surface area contributed by atoms with Crippen LogP contribution in [0.5, 0.6) is 5.75 Å². The third kappa shape index (κ3) is 3.86. The van der Waals surface area contributed by atoms with Crippen LogP contribution in [-0.4, -0.2) is 12.9 Å². The molecule has 98 valence electrons. The SMILES string of the molecule is COc1cccc(CCC2CCCC(=O)CC2)c1. The standard InChI is InChI=1S/C16H22O2/c1-18-16-7-3-5-14(12-16)9-8-13-4-2-6-15(17)11-10-13/h3,5,7,12-13H,2,4,6,8-11H2,1H3. The molecule has 1 aliphatic rings. The smallest absolute Gasteiger partial charge is 0.132 e. The van der Waals surface area contributed by atoms with Crippen molar-refractivity contribution in [1.82, 2.24) is 0 Å². The first-order valence-electron chi connectivity index (χ1n) is 6.92. The Morgan fingerprint density at radius 2 is 2.17 bits per heavy atom. The lowest BCUT2D eigenvalue weighted by atomic mass is 9.93. The second-order valence-corrected chi connectivity index (χ2v) is 5.23. The van der Waals surface area contributed by atoms with Gasteiger partial charge in [0.25, 0.3) is 0 Å². The fourth-order valence-corrected chi connectivity index (χ4v) is 2.71. The predicted molar refractivity (Wildman–Crippen MR) is 72.9 cm³/mol. The summed E-state index contributed by atoms with van der Waals surface area (Å²) in [5.41, 5.74) is 1.34. The van der Waals surface area contributed by atoms with Gasteiger partial charge in [-0.1, -0.05) is 18.6 Å². The Morgan fingerprint density at radius 1 is 1.28 bits per heavy atom. The lowest BCUT2D eigenvalue weighted by Gasteiger charge is -2.13. The van der Waals surface area contributed by atoms with Crippen molar-refractivity contribution in [3.05, 3.63) is 29.8 Å². The van der Waals surface area contributed by atoms with Crippen molar-refractivity contribution in [2.75, 3.05) is 7.11 Å². The van der Waals surface area contributed by atoms with Crippen LogP contribution >= 0.6 is 0 Å². The molecule has 0 radical (unpaired) electrons. The summed E-state index contributed by atoms with van der Waals surface area (Å²) < 4.78 is 5.24. The number of aryl methyl sites for hydroxylation is 1. The van der Waals surface area contributed by atoms with E-state index >= 15 is 0 Å². The average Bonchev–Trinajstić information content (AvgIpc) is 2.61. The average molecular weight is 246 g/mol. The maximum absolute atomic E-state index is 11.4. The number of benzene rings is 1. The zero-order valence-corrected chi connectivity index (χ0v) is 11.2. The molecule has 0 N–H and O–H groups in total. The second-order valence-electron chi connectivity index (χ2n) is 5.23. The zero-order chi connectivity index (χ0) is 12.8. The van der Waals surface area contributed by atoms with Crippen LogP contribution in [0.25, 0.3) is 0 Å². The van der Waals surface area contributed by atoms with Crippen LogP contribution in [0.4, 0.5) is 0 Å². The predicted octanol–water partition coefficient (Wildman–Crippen LogP) is 3.78. The summed E-state index contributed by atoms with van der Waals surface area (Å²) in [6.07, 6.45) is 7.27. The monoisotopic (exact) mass is 246 g/mol. The van der Waals surface area contributed by atoms with Crippen LogP contribution in [0.15, 0.2) is 24.3 Å². The molecule has 0 aliphatic heterocycles. The van der Waals surface area contributed by atoms with Crippen LogP contribution in [0, 0.1) is 5.92 Å². The van der Waals surface area contributed by atoms with E-state index in [0.29, 0.717) is 5.78 Å². The number of hydrogen-bond donors (Lipinski definition) is 0. The van der Waals surface area contributed by atoms with Crippen molar-refractivity contribution in [3.8, 4) is 5.75 Å². The molecule has 0 aromatic heterocycles. The van der Waals surface area contributed by atoms with Crippen molar-refractivity contribution in [3.63, 3.8) is 0 Å². The number of carbonyl (C=O) groups is 1. The number of hydrogen-bond acceptors (Lipinski definition) is 2. The fourth-order valence-electron chi connectivity index (χ4n) is 2.71. The highest BCUT2D eigenvalue weighted by Gasteiger charge is 2.16. The van der Waals surface area contributed by atoms with Gasteiger partial charge in [-0.3, -0.25) is 4.79 Å². The molecule has 2 rings (SSSR count). The Labute approximate surface area is 109 Å². The van der Waals surface area contributed by atoms with Crippen molar-refractivity contribution < 1.29 is 9.53 Å². The number of ketones is 1. The molecule has 1 aliphatic carbocycles. The summed E-state index contributed by atoms with van der Waals surface area (Å²) in [5, 5.41) is 0. The Morgan fingerprint density at radius 3 is 3.00 bits per heavy atom. The molecule has 1 unspecified atom stereocenters. The van der Waals surface area contributed by atoms with E-state index in [2.05, 4.69) is 12.1 Å². The first kappa shape index (κ1) is 13.1. The van der Waals surface area contributed by atoms with Gasteiger partial charge < -0.3 is 4.74 Å². The molecule has 0 spiro atoms. The molecule has 0 saturated heterocycles. The minimum atomic E-state index is 0.457. The quantitative estimate of drug-likeness (QED) is 0.756. The highest BCUT2D eigenvalue weighted by Crippen LogP contribution is 2.25. The van der Waals surface area contributed by atoms with E-state index in [1.807, 2.05) is 12.1 Å². The molecule has 1 saturated carbocycles. The third-order valence-corrected chi connectivity index (χ3v) is 3.87.